The number of hydrogen-bond donors (Lipinski definition) is 2. The van der Waals surface area contributed by atoms with Crippen LogP contribution in [0.15, 0.2) is 41.2 Å². The highest BCUT2D eigenvalue weighted by Crippen LogP contribution is 2.28. The van der Waals surface area contributed by atoms with Crippen LogP contribution < -0.4 is 5.32 Å². The summed E-state index contributed by atoms with van der Waals surface area (Å²) < 4.78 is 4.91. The van der Waals surface area contributed by atoms with Crippen molar-refractivity contribution in [1.82, 2.24) is 30.4 Å². The summed E-state index contributed by atoms with van der Waals surface area (Å²) in [7, 11) is 1.46. The number of carbonyl (C=O) groups is 2. The molecule has 0 aliphatic carbocycles. The van der Waals surface area contributed by atoms with Crippen LogP contribution in [0, 0.1) is 0 Å². The van der Waals surface area contributed by atoms with Gasteiger partial charge < -0.3 is 15.0 Å². The van der Waals surface area contributed by atoms with Gasteiger partial charge in [-0.25, -0.2) is 9.97 Å². The number of carbonyl (C=O) groups excluding carboxylic acids is 2. The van der Waals surface area contributed by atoms with Crippen molar-refractivity contribution in [1.29, 1.82) is 0 Å². The maximum absolute atomic E-state index is 12.8. The van der Waals surface area contributed by atoms with E-state index in [9.17, 15) is 9.59 Å². The molecule has 0 saturated carbocycles. The molecule has 9 nitrogen and oxygen atoms in total. The molecule has 2 amide bonds. The summed E-state index contributed by atoms with van der Waals surface area (Å²) in [6, 6.07) is 9.31. The van der Waals surface area contributed by atoms with Crippen molar-refractivity contribution in [2.45, 2.75) is 12.0 Å². The Labute approximate surface area is 171 Å². The Bertz CT molecular complexity index is 975. The minimum absolute atomic E-state index is 0.0467. The van der Waals surface area contributed by atoms with E-state index in [4.69, 9.17) is 4.74 Å². The molecule has 1 saturated heterocycles. The highest BCUT2D eigenvalue weighted by atomic mass is 32.1. The van der Waals surface area contributed by atoms with E-state index in [0.717, 1.165) is 5.56 Å². The fourth-order valence-corrected chi connectivity index (χ4v) is 3.93. The summed E-state index contributed by atoms with van der Waals surface area (Å²) in [6.07, 6.45) is 0. The SMILES string of the molecule is COCC(=O)N[C@@H]1CN(C(=O)c2cscn2)C[C@H]1c1nc(-c2ccccc2)n[nH]1. The molecule has 2 atom stereocenters. The third kappa shape index (κ3) is 4.17. The molecule has 1 aromatic carbocycles. The summed E-state index contributed by atoms with van der Waals surface area (Å²) in [6.45, 7) is 0.713. The molecule has 0 bridgehead atoms. The van der Waals surface area contributed by atoms with Gasteiger partial charge in [-0.05, 0) is 0 Å². The van der Waals surface area contributed by atoms with Crippen LogP contribution in [0.4, 0.5) is 0 Å². The predicted molar refractivity (Wildman–Crippen MR) is 106 cm³/mol. The van der Waals surface area contributed by atoms with Crippen molar-refractivity contribution in [3.8, 4) is 11.4 Å². The lowest BCUT2D eigenvalue weighted by atomic mass is 10.0. The molecule has 3 aromatic rings. The summed E-state index contributed by atoms with van der Waals surface area (Å²) in [4.78, 5) is 35.3. The first kappa shape index (κ1) is 19.2. The molecule has 4 rings (SSSR count). The molecule has 2 N–H and O–H groups in total. The van der Waals surface area contributed by atoms with E-state index in [1.165, 1.54) is 18.4 Å². The first-order chi connectivity index (χ1) is 14.2. The molecule has 0 radical (unpaired) electrons. The minimum atomic E-state index is -0.309. The van der Waals surface area contributed by atoms with E-state index in [1.54, 1.807) is 15.8 Å². The maximum atomic E-state index is 12.8. The number of thiazole rings is 1. The van der Waals surface area contributed by atoms with Crippen LogP contribution in [0.1, 0.15) is 22.2 Å². The molecule has 1 fully saturated rings. The molecular formula is C19H20N6O3S. The van der Waals surface area contributed by atoms with Gasteiger partial charge in [0.05, 0.1) is 17.5 Å². The number of nitrogens with one attached hydrogen (secondary N) is 2. The molecular weight excluding hydrogens is 392 g/mol. The Morgan fingerprint density at radius 2 is 2.14 bits per heavy atom. The van der Waals surface area contributed by atoms with Crippen molar-refractivity contribution >= 4 is 23.2 Å². The Balaban J connectivity index is 1.57. The lowest BCUT2D eigenvalue weighted by Gasteiger charge is -2.17. The quantitative estimate of drug-likeness (QED) is 0.631. The average Bonchev–Trinajstić information content (AvgIpc) is 3.48. The largest absolute Gasteiger partial charge is 0.375 e. The van der Waals surface area contributed by atoms with Crippen LogP contribution in [-0.4, -0.2) is 69.7 Å². The van der Waals surface area contributed by atoms with Gasteiger partial charge in [-0.1, -0.05) is 30.3 Å². The number of ether oxygens (including phenoxy) is 1. The van der Waals surface area contributed by atoms with Crippen LogP contribution in [0.2, 0.25) is 0 Å². The average molecular weight is 412 g/mol. The molecule has 2 aromatic heterocycles. The van der Waals surface area contributed by atoms with Crippen LogP contribution in [0.3, 0.4) is 0 Å². The van der Waals surface area contributed by atoms with Gasteiger partial charge in [-0.15, -0.1) is 11.3 Å². The highest BCUT2D eigenvalue weighted by Gasteiger charge is 2.39. The number of benzene rings is 1. The maximum Gasteiger partial charge on any atom is 0.273 e. The number of nitrogens with zero attached hydrogens (tertiary/aromatic N) is 4. The van der Waals surface area contributed by atoms with Gasteiger partial charge in [-0.2, -0.15) is 5.10 Å². The molecule has 1 aliphatic heterocycles. The molecule has 10 heteroatoms. The number of aromatic amines is 1. The fraction of sp³-hybridized carbons (Fsp3) is 0.316. The van der Waals surface area contributed by atoms with E-state index in [-0.39, 0.29) is 30.4 Å². The third-order valence-corrected chi connectivity index (χ3v) is 5.35. The number of methoxy groups -OCH3 is 1. The molecule has 0 unspecified atom stereocenters. The zero-order valence-electron chi connectivity index (χ0n) is 15.7. The van der Waals surface area contributed by atoms with Gasteiger partial charge >= 0.3 is 0 Å². The summed E-state index contributed by atoms with van der Waals surface area (Å²) in [5.41, 5.74) is 2.92. The zero-order chi connectivity index (χ0) is 20.2. The van der Waals surface area contributed by atoms with Crippen molar-refractivity contribution < 1.29 is 14.3 Å². The summed E-state index contributed by atoms with van der Waals surface area (Å²) in [5.74, 6) is 0.575. The molecule has 29 heavy (non-hydrogen) atoms. The smallest absolute Gasteiger partial charge is 0.273 e. The second-order valence-electron chi connectivity index (χ2n) is 6.71. The number of likely N-dealkylation sites (tertiary alicyclic amines) is 1. The van der Waals surface area contributed by atoms with Crippen molar-refractivity contribution in [3.05, 3.63) is 52.7 Å². The molecule has 150 valence electrons. The normalized spacial score (nSPS) is 18.7. The number of aromatic nitrogens is 4. The van der Waals surface area contributed by atoms with Gasteiger partial charge in [0.1, 0.15) is 18.1 Å². The molecule has 1 aliphatic rings. The number of amides is 2. The number of rotatable bonds is 6. The van der Waals surface area contributed by atoms with Crippen molar-refractivity contribution in [2.75, 3.05) is 26.8 Å². The summed E-state index contributed by atoms with van der Waals surface area (Å²) in [5, 5.41) is 12.0. The summed E-state index contributed by atoms with van der Waals surface area (Å²) >= 11 is 1.37. The standard InChI is InChI=1S/C19H20N6O3S/c1-28-9-16(26)21-14-8-25(19(27)15-10-29-11-20-15)7-13(14)18-22-17(23-24-18)12-5-3-2-4-6-12/h2-6,10-11,13-14H,7-9H2,1H3,(H,21,26)(H,22,23,24)/t13-,14-/m1/s1. The minimum Gasteiger partial charge on any atom is -0.375 e. The second kappa shape index (κ2) is 8.50. The Morgan fingerprint density at radius 1 is 1.31 bits per heavy atom. The van der Waals surface area contributed by atoms with E-state index >= 15 is 0 Å². The fourth-order valence-electron chi connectivity index (χ4n) is 3.41. The predicted octanol–water partition coefficient (Wildman–Crippen LogP) is 1.30. The topological polar surface area (TPSA) is 113 Å². The van der Waals surface area contributed by atoms with Gasteiger partial charge in [0.2, 0.25) is 5.91 Å². The third-order valence-electron chi connectivity index (χ3n) is 4.77. The lowest BCUT2D eigenvalue weighted by molar-refractivity contribution is -0.125. The Hall–Kier alpha value is -3.11. The van der Waals surface area contributed by atoms with Crippen molar-refractivity contribution in [3.63, 3.8) is 0 Å². The van der Waals surface area contributed by atoms with E-state index < -0.39 is 0 Å². The number of hydrogen-bond acceptors (Lipinski definition) is 7. The first-order valence-electron chi connectivity index (χ1n) is 9.09. The van der Waals surface area contributed by atoms with E-state index in [1.807, 2.05) is 30.3 Å². The van der Waals surface area contributed by atoms with Gasteiger partial charge in [0.25, 0.3) is 5.91 Å². The van der Waals surface area contributed by atoms with Gasteiger partial charge in [0.15, 0.2) is 5.82 Å². The van der Waals surface area contributed by atoms with Gasteiger partial charge in [0, 0.05) is 31.1 Å². The van der Waals surface area contributed by atoms with E-state index in [0.29, 0.717) is 30.4 Å². The van der Waals surface area contributed by atoms with Crippen LogP contribution >= 0.6 is 11.3 Å². The van der Waals surface area contributed by atoms with Gasteiger partial charge in [-0.3, -0.25) is 14.7 Å². The first-order valence-corrected chi connectivity index (χ1v) is 10.0. The Morgan fingerprint density at radius 3 is 2.86 bits per heavy atom. The highest BCUT2D eigenvalue weighted by molar-refractivity contribution is 7.07. The van der Waals surface area contributed by atoms with Crippen LogP contribution in [-0.2, 0) is 9.53 Å². The lowest BCUT2D eigenvalue weighted by Crippen LogP contribution is -2.42. The number of H-pyrrole nitrogens is 1. The Kier molecular flexibility index (Phi) is 5.63. The van der Waals surface area contributed by atoms with Crippen molar-refractivity contribution in [2.24, 2.45) is 0 Å². The molecule has 0 spiro atoms. The second-order valence-corrected chi connectivity index (χ2v) is 7.43. The van der Waals surface area contributed by atoms with E-state index in [2.05, 4.69) is 25.5 Å². The zero-order valence-corrected chi connectivity index (χ0v) is 16.6. The van der Waals surface area contributed by atoms with Crippen LogP contribution in [0.5, 0.6) is 0 Å². The monoisotopic (exact) mass is 412 g/mol. The van der Waals surface area contributed by atoms with Crippen LogP contribution in [0.25, 0.3) is 11.4 Å². The molecule has 3 heterocycles.